The number of aromatic nitrogens is 1. The minimum Gasteiger partial charge on any atom is -0.496 e. The zero-order valence-corrected chi connectivity index (χ0v) is 28.2. The van der Waals surface area contributed by atoms with Crippen LogP contribution in [0.2, 0.25) is 0 Å². The topological polar surface area (TPSA) is 90.2 Å². The van der Waals surface area contributed by atoms with Gasteiger partial charge in [0.2, 0.25) is 0 Å². The first-order chi connectivity index (χ1) is 21.1. The average Bonchev–Trinajstić information content (AvgIpc) is 3.43. The maximum atomic E-state index is 14.6. The summed E-state index contributed by atoms with van der Waals surface area (Å²) < 4.78 is 14.6. The van der Waals surface area contributed by atoms with Gasteiger partial charge in [0.1, 0.15) is 16.3 Å². The van der Waals surface area contributed by atoms with E-state index < -0.39 is 17.6 Å². The van der Waals surface area contributed by atoms with Crippen molar-refractivity contribution in [2.45, 2.75) is 39.5 Å². The average molecular weight is 737 g/mol. The molecule has 2 aliphatic heterocycles. The molecule has 0 saturated carbocycles. The van der Waals surface area contributed by atoms with Gasteiger partial charge in [0.05, 0.1) is 42.3 Å². The van der Waals surface area contributed by atoms with E-state index in [0.29, 0.717) is 45.2 Å². The van der Waals surface area contributed by atoms with Gasteiger partial charge in [-0.1, -0.05) is 73.5 Å². The van der Waals surface area contributed by atoms with Crippen molar-refractivity contribution in [3.05, 3.63) is 123 Å². The lowest BCUT2D eigenvalue weighted by Crippen LogP contribution is -2.41. The molecular weight excluding hydrogens is 710 g/mol. The van der Waals surface area contributed by atoms with E-state index in [0.717, 1.165) is 25.8 Å². The Hall–Kier alpha value is -3.80. The molecule has 3 heterocycles. The number of methoxy groups -OCH3 is 1. The number of fused-ring (bicyclic) bond motifs is 2. The molecule has 0 N–H and O–H groups in total. The third-order valence-corrected chi connectivity index (χ3v) is 9.47. The zero-order chi connectivity index (χ0) is 31.3. The lowest BCUT2D eigenvalue weighted by Gasteiger charge is -2.26. The standard InChI is InChI=1S/C33H27Br2N3O5S/c1-17(2)43-32(41)26-18(3)36-33-38(28(26)23-15-21(35)11-13-25(23)42-4)31(40)29(44-33)27-22-14-20(34)10-12-24(22)37(30(27)39)16-19-8-6-5-7-9-19/h5-15,17,28H,16H2,1-4H3/b29-27+/t28-/m1/s1. The summed E-state index contributed by atoms with van der Waals surface area (Å²) in [6, 6.07) is 19.8. The molecule has 3 aromatic carbocycles. The van der Waals surface area contributed by atoms with E-state index in [2.05, 4.69) is 31.9 Å². The number of allylic oxidation sites excluding steroid dienone is 1. The third-order valence-electron chi connectivity index (χ3n) is 7.43. The number of ether oxygens (including phenoxy) is 2. The SMILES string of the molecule is COc1ccc(Br)cc1[C@@H]1C(C(=O)OC(C)C)=C(C)N=c2s/c(=C3/C(=O)N(Cc4ccccc4)c4ccc(Br)cc43)c(=O)n21. The van der Waals surface area contributed by atoms with Gasteiger partial charge in [-0.2, -0.15) is 0 Å². The summed E-state index contributed by atoms with van der Waals surface area (Å²) in [5.74, 6) is -0.369. The Kier molecular flexibility index (Phi) is 8.21. The number of carbonyl (C=O) groups excluding carboxylic acids is 2. The van der Waals surface area contributed by atoms with Crippen LogP contribution in [-0.4, -0.2) is 29.7 Å². The molecule has 0 unspecified atom stereocenters. The van der Waals surface area contributed by atoms with Gasteiger partial charge in [-0.15, -0.1) is 0 Å². The van der Waals surface area contributed by atoms with Crippen molar-refractivity contribution in [2.75, 3.05) is 12.0 Å². The van der Waals surface area contributed by atoms with E-state index in [-0.39, 0.29) is 22.1 Å². The summed E-state index contributed by atoms with van der Waals surface area (Å²) in [4.78, 5) is 49.1. The van der Waals surface area contributed by atoms with Crippen LogP contribution in [0.25, 0.3) is 5.57 Å². The number of hydrogen-bond donors (Lipinski definition) is 0. The van der Waals surface area contributed by atoms with E-state index in [9.17, 15) is 14.4 Å². The zero-order valence-electron chi connectivity index (χ0n) is 24.3. The second-order valence-corrected chi connectivity index (χ2v) is 13.5. The first kappa shape index (κ1) is 30.2. The number of thiazole rings is 1. The molecule has 0 bridgehead atoms. The molecule has 4 aromatic rings. The van der Waals surface area contributed by atoms with Gasteiger partial charge >= 0.3 is 5.97 Å². The molecule has 8 nitrogen and oxygen atoms in total. The molecule has 44 heavy (non-hydrogen) atoms. The second kappa shape index (κ2) is 11.9. The van der Waals surface area contributed by atoms with Crippen LogP contribution in [0.15, 0.2) is 96.7 Å². The lowest BCUT2D eigenvalue weighted by atomic mass is 9.95. The Morgan fingerprint density at radius 1 is 1.02 bits per heavy atom. The molecule has 6 rings (SSSR count). The number of anilines is 1. The van der Waals surface area contributed by atoms with Gasteiger partial charge < -0.3 is 14.4 Å². The van der Waals surface area contributed by atoms with Crippen LogP contribution in [-0.2, 0) is 20.9 Å². The molecule has 0 spiro atoms. The summed E-state index contributed by atoms with van der Waals surface area (Å²) in [6.45, 7) is 5.60. The fourth-order valence-electron chi connectivity index (χ4n) is 5.57. The number of benzene rings is 3. The summed E-state index contributed by atoms with van der Waals surface area (Å²) in [7, 11) is 1.54. The van der Waals surface area contributed by atoms with E-state index in [1.165, 1.54) is 11.7 Å². The minimum atomic E-state index is -0.904. The van der Waals surface area contributed by atoms with Crippen molar-refractivity contribution in [3.63, 3.8) is 0 Å². The smallest absolute Gasteiger partial charge is 0.338 e. The van der Waals surface area contributed by atoms with Gasteiger partial charge in [0.15, 0.2) is 4.80 Å². The number of esters is 1. The molecule has 0 saturated heterocycles. The number of amides is 1. The minimum absolute atomic E-state index is 0.227. The van der Waals surface area contributed by atoms with Gasteiger partial charge in [-0.3, -0.25) is 14.2 Å². The number of nitrogens with zero attached hydrogens (tertiary/aromatic N) is 3. The van der Waals surface area contributed by atoms with Gasteiger partial charge in [0, 0.05) is 20.1 Å². The Labute approximate surface area is 274 Å². The van der Waals surface area contributed by atoms with Crippen LogP contribution in [0.3, 0.4) is 0 Å². The Morgan fingerprint density at radius 2 is 1.73 bits per heavy atom. The number of carbonyl (C=O) groups is 2. The monoisotopic (exact) mass is 735 g/mol. The fraction of sp³-hybridized carbons (Fsp3) is 0.212. The van der Waals surface area contributed by atoms with E-state index in [1.54, 1.807) is 31.7 Å². The van der Waals surface area contributed by atoms with Crippen molar-refractivity contribution >= 4 is 66.3 Å². The molecule has 0 radical (unpaired) electrons. The molecule has 0 aliphatic carbocycles. The van der Waals surface area contributed by atoms with Crippen LogP contribution in [0.1, 0.15) is 43.5 Å². The highest BCUT2D eigenvalue weighted by Gasteiger charge is 2.38. The van der Waals surface area contributed by atoms with Crippen LogP contribution >= 0.6 is 43.2 Å². The van der Waals surface area contributed by atoms with Crippen molar-refractivity contribution < 1.29 is 19.1 Å². The molecular formula is C33H27Br2N3O5S. The van der Waals surface area contributed by atoms with Crippen molar-refractivity contribution in [2.24, 2.45) is 4.99 Å². The Morgan fingerprint density at radius 3 is 2.43 bits per heavy atom. The second-order valence-electron chi connectivity index (χ2n) is 10.7. The summed E-state index contributed by atoms with van der Waals surface area (Å²) >= 11 is 8.21. The lowest BCUT2D eigenvalue weighted by molar-refractivity contribution is -0.143. The van der Waals surface area contributed by atoms with E-state index in [1.807, 2.05) is 60.7 Å². The number of halogens is 2. The third kappa shape index (κ3) is 5.27. The van der Waals surface area contributed by atoms with Crippen LogP contribution in [0.5, 0.6) is 5.75 Å². The van der Waals surface area contributed by atoms with Gasteiger partial charge in [-0.05, 0) is 62.7 Å². The summed E-state index contributed by atoms with van der Waals surface area (Å²) in [5.41, 5.74) is 3.42. The molecule has 2 aliphatic rings. The maximum Gasteiger partial charge on any atom is 0.338 e. The number of hydrogen-bond acceptors (Lipinski definition) is 7. The van der Waals surface area contributed by atoms with Crippen LogP contribution < -0.4 is 24.5 Å². The largest absolute Gasteiger partial charge is 0.496 e. The summed E-state index contributed by atoms with van der Waals surface area (Å²) in [6.07, 6.45) is -0.388. The Balaban J connectivity index is 1.62. The predicted molar refractivity (Wildman–Crippen MR) is 176 cm³/mol. The molecule has 11 heteroatoms. The van der Waals surface area contributed by atoms with Gasteiger partial charge in [0.25, 0.3) is 11.5 Å². The highest BCUT2D eigenvalue weighted by Crippen LogP contribution is 2.40. The van der Waals surface area contributed by atoms with Crippen molar-refractivity contribution in [1.82, 2.24) is 4.57 Å². The van der Waals surface area contributed by atoms with Crippen molar-refractivity contribution in [3.8, 4) is 5.75 Å². The molecule has 1 atom stereocenters. The van der Waals surface area contributed by atoms with Crippen molar-refractivity contribution in [1.29, 1.82) is 0 Å². The normalized spacial score (nSPS) is 17.0. The highest BCUT2D eigenvalue weighted by atomic mass is 79.9. The van der Waals surface area contributed by atoms with Crippen LogP contribution in [0.4, 0.5) is 5.69 Å². The quantitative estimate of drug-likeness (QED) is 0.239. The Bertz CT molecular complexity index is 2050. The predicted octanol–water partition coefficient (Wildman–Crippen LogP) is 5.64. The molecule has 224 valence electrons. The molecule has 1 aromatic heterocycles. The molecule has 0 fully saturated rings. The van der Waals surface area contributed by atoms with E-state index in [4.69, 9.17) is 14.5 Å². The highest BCUT2D eigenvalue weighted by molar-refractivity contribution is 9.10. The first-order valence-electron chi connectivity index (χ1n) is 13.8. The van der Waals surface area contributed by atoms with Crippen LogP contribution in [0, 0.1) is 0 Å². The number of rotatable bonds is 6. The van der Waals surface area contributed by atoms with E-state index >= 15 is 0 Å². The maximum absolute atomic E-state index is 14.6. The van der Waals surface area contributed by atoms with Gasteiger partial charge in [-0.25, -0.2) is 9.79 Å². The summed E-state index contributed by atoms with van der Waals surface area (Å²) in [5, 5.41) is 0. The first-order valence-corrected chi connectivity index (χ1v) is 16.2. The molecule has 1 amide bonds. The fourth-order valence-corrected chi connectivity index (χ4v) is 7.45.